The molecular formula is C11H18F3N3. The summed E-state index contributed by atoms with van der Waals surface area (Å²) in [5.74, 6) is 0. The lowest BCUT2D eigenvalue weighted by molar-refractivity contribution is -0.174. The molecule has 0 aromatic carbocycles. The first-order chi connectivity index (χ1) is 7.81. The fraction of sp³-hybridized carbons (Fsp3) is 0.727. The van der Waals surface area contributed by atoms with Crippen molar-refractivity contribution in [3.63, 3.8) is 0 Å². The molecule has 0 aliphatic heterocycles. The normalized spacial score (nSPS) is 15.9. The Balaban J connectivity index is 3.22. The van der Waals surface area contributed by atoms with Crippen molar-refractivity contribution in [3.05, 3.63) is 17.5 Å². The number of rotatable bonds is 4. The van der Waals surface area contributed by atoms with Crippen molar-refractivity contribution in [2.24, 2.45) is 5.73 Å². The number of nitrogens with two attached hydrogens (primary N) is 1. The largest absolute Gasteiger partial charge is 0.412 e. The van der Waals surface area contributed by atoms with Crippen molar-refractivity contribution < 1.29 is 13.2 Å². The lowest BCUT2D eigenvalue weighted by atomic mass is 10.1. The minimum Gasteiger partial charge on any atom is -0.326 e. The fourth-order valence-corrected chi connectivity index (χ4v) is 1.83. The molecule has 1 aromatic rings. The van der Waals surface area contributed by atoms with Crippen LogP contribution in [0.2, 0.25) is 0 Å². The Kier molecular flexibility index (Phi) is 4.19. The third-order valence-corrected chi connectivity index (χ3v) is 2.69. The fourth-order valence-electron chi connectivity index (χ4n) is 1.83. The van der Waals surface area contributed by atoms with Crippen LogP contribution in [0.3, 0.4) is 0 Å². The molecule has 2 N–H and O–H groups in total. The Labute approximate surface area is 98.8 Å². The standard InChI is InChI=1S/C11H18F3N3/c1-4-8-6-9(5-2)17(16-8)10(7(3)15)11(12,13)14/h6-7,10H,4-5,15H2,1-3H3. The van der Waals surface area contributed by atoms with E-state index in [4.69, 9.17) is 5.73 Å². The van der Waals surface area contributed by atoms with E-state index in [9.17, 15) is 13.2 Å². The number of alkyl halides is 3. The van der Waals surface area contributed by atoms with Crippen LogP contribution in [0.5, 0.6) is 0 Å². The molecule has 0 radical (unpaired) electrons. The van der Waals surface area contributed by atoms with E-state index in [-0.39, 0.29) is 0 Å². The van der Waals surface area contributed by atoms with Gasteiger partial charge in [0.15, 0.2) is 6.04 Å². The summed E-state index contributed by atoms with van der Waals surface area (Å²) in [7, 11) is 0. The van der Waals surface area contributed by atoms with Crippen molar-refractivity contribution >= 4 is 0 Å². The maximum absolute atomic E-state index is 12.9. The lowest BCUT2D eigenvalue weighted by Crippen LogP contribution is -2.41. The molecule has 0 aliphatic carbocycles. The zero-order chi connectivity index (χ0) is 13.2. The van der Waals surface area contributed by atoms with Crippen LogP contribution in [-0.2, 0) is 12.8 Å². The van der Waals surface area contributed by atoms with E-state index in [0.717, 1.165) is 4.68 Å². The van der Waals surface area contributed by atoms with Gasteiger partial charge in [0.25, 0.3) is 0 Å². The van der Waals surface area contributed by atoms with Gasteiger partial charge < -0.3 is 5.73 Å². The third-order valence-electron chi connectivity index (χ3n) is 2.69. The highest BCUT2D eigenvalue weighted by molar-refractivity contribution is 5.12. The quantitative estimate of drug-likeness (QED) is 0.890. The molecule has 0 amide bonds. The van der Waals surface area contributed by atoms with Crippen LogP contribution in [0.25, 0.3) is 0 Å². The average Bonchev–Trinajstić information content (AvgIpc) is 2.58. The number of aromatic nitrogens is 2. The number of halogens is 3. The van der Waals surface area contributed by atoms with Gasteiger partial charge in [0.2, 0.25) is 0 Å². The summed E-state index contributed by atoms with van der Waals surface area (Å²) in [5.41, 5.74) is 6.68. The van der Waals surface area contributed by atoms with Gasteiger partial charge in [-0.15, -0.1) is 0 Å². The molecule has 0 spiro atoms. The molecule has 2 unspecified atom stereocenters. The first kappa shape index (κ1) is 14.0. The van der Waals surface area contributed by atoms with Crippen LogP contribution in [-0.4, -0.2) is 22.0 Å². The second-order valence-electron chi connectivity index (χ2n) is 4.12. The maximum Gasteiger partial charge on any atom is 0.412 e. The van der Waals surface area contributed by atoms with Gasteiger partial charge in [0.1, 0.15) is 0 Å². The van der Waals surface area contributed by atoms with E-state index in [1.165, 1.54) is 6.92 Å². The van der Waals surface area contributed by atoms with E-state index in [1.54, 1.807) is 6.07 Å². The Morgan fingerprint density at radius 2 is 1.94 bits per heavy atom. The summed E-state index contributed by atoms with van der Waals surface area (Å²) in [5, 5.41) is 4.00. The molecule has 6 heteroatoms. The lowest BCUT2D eigenvalue weighted by Gasteiger charge is -2.25. The second kappa shape index (κ2) is 5.08. The topological polar surface area (TPSA) is 43.8 Å². The summed E-state index contributed by atoms with van der Waals surface area (Å²) >= 11 is 0. The van der Waals surface area contributed by atoms with Crippen molar-refractivity contribution in [1.82, 2.24) is 9.78 Å². The molecule has 0 aliphatic rings. The van der Waals surface area contributed by atoms with Gasteiger partial charge in [-0.1, -0.05) is 13.8 Å². The molecule has 1 rings (SSSR count). The smallest absolute Gasteiger partial charge is 0.326 e. The highest BCUT2D eigenvalue weighted by Gasteiger charge is 2.44. The number of hydrogen-bond acceptors (Lipinski definition) is 2. The summed E-state index contributed by atoms with van der Waals surface area (Å²) in [4.78, 5) is 0. The number of nitrogens with zero attached hydrogens (tertiary/aromatic N) is 2. The maximum atomic E-state index is 12.9. The summed E-state index contributed by atoms with van der Waals surface area (Å²) in [6, 6.07) is -1.07. The minimum absolute atomic E-state index is 0.506. The molecular weight excluding hydrogens is 231 g/mol. The van der Waals surface area contributed by atoms with Gasteiger partial charge in [-0.3, -0.25) is 4.68 Å². The SMILES string of the molecule is CCc1cc(CC)n(C(C(C)N)C(F)(F)F)n1. The van der Waals surface area contributed by atoms with Crippen molar-refractivity contribution in [2.75, 3.05) is 0 Å². The minimum atomic E-state index is -4.38. The number of aryl methyl sites for hydroxylation is 2. The van der Waals surface area contributed by atoms with Crippen LogP contribution < -0.4 is 5.73 Å². The molecule has 0 bridgehead atoms. The predicted molar refractivity (Wildman–Crippen MR) is 59.7 cm³/mol. The van der Waals surface area contributed by atoms with Crippen LogP contribution in [0.1, 0.15) is 38.2 Å². The van der Waals surface area contributed by atoms with Crippen LogP contribution in [0.4, 0.5) is 13.2 Å². The van der Waals surface area contributed by atoms with Crippen LogP contribution in [0, 0.1) is 0 Å². The van der Waals surface area contributed by atoms with Gasteiger partial charge in [0.05, 0.1) is 5.69 Å². The zero-order valence-electron chi connectivity index (χ0n) is 10.3. The second-order valence-corrected chi connectivity index (χ2v) is 4.12. The van der Waals surface area contributed by atoms with Crippen molar-refractivity contribution in [2.45, 2.75) is 51.9 Å². The van der Waals surface area contributed by atoms with Gasteiger partial charge >= 0.3 is 6.18 Å². The Hall–Kier alpha value is -1.04. The van der Waals surface area contributed by atoms with Gasteiger partial charge in [-0.25, -0.2) is 0 Å². The molecule has 1 aromatic heterocycles. The molecule has 2 atom stereocenters. The van der Waals surface area contributed by atoms with Crippen LogP contribution >= 0.6 is 0 Å². The summed E-state index contributed by atoms with van der Waals surface area (Å²) in [6.07, 6.45) is -3.26. The highest BCUT2D eigenvalue weighted by Crippen LogP contribution is 2.33. The zero-order valence-corrected chi connectivity index (χ0v) is 10.3. The first-order valence-electron chi connectivity index (χ1n) is 5.70. The average molecular weight is 249 g/mol. The predicted octanol–water partition coefficient (Wildman–Crippen LogP) is 2.46. The summed E-state index contributed by atoms with van der Waals surface area (Å²) < 4.78 is 39.9. The molecule has 0 saturated heterocycles. The molecule has 0 saturated carbocycles. The Bertz CT molecular complexity index is 369. The van der Waals surface area contributed by atoms with E-state index < -0.39 is 18.3 Å². The number of hydrogen-bond donors (Lipinski definition) is 1. The Morgan fingerprint density at radius 3 is 2.29 bits per heavy atom. The van der Waals surface area contributed by atoms with Gasteiger partial charge in [0, 0.05) is 11.7 Å². The van der Waals surface area contributed by atoms with Crippen molar-refractivity contribution in [1.29, 1.82) is 0 Å². The van der Waals surface area contributed by atoms with Crippen LogP contribution in [0.15, 0.2) is 6.07 Å². The third kappa shape index (κ3) is 3.00. The van der Waals surface area contributed by atoms with E-state index >= 15 is 0 Å². The van der Waals surface area contributed by atoms with Gasteiger partial charge in [-0.05, 0) is 25.8 Å². The first-order valence-corrected chi connectivity index (χ1v) is 5.70. The van der Waals surface area contributed by atoms with E-state index in [0.29, 0.717) is 24.2 Å². The monoisotopic (exact) mass is 249 g/mol. The Morgan fingerprint density at radius 1 is 1.35 bits per heavy atom. The summed E-state index contributed by atoms with van der Waals surface area (Å²) in [6.45, 7) is 5.02. The molecule has 0 fully saturated rings. The molecule has 98 valence electrons. The van der Waals surface area contributed by atoms with E-state index in [2.05, 4.69) is 5.10 Å². The van der Waals surface area contributed by atoms with E-state index in [1.807, 2.05) is 13.8 Å². The van der Waals surface area contributed by atoms with Gasteiger partial charge in [-0.2, -0.15) is 18.3 Å². The van der Waals surface area contributed by atoms with Crippen molar-refractivity contribution in [3.8, 4) is 0 Å². The molecule has 3 nitrogen and oxygen atoms in total. The molecule has 1 heterocycles. The molecule has 17 heavy (non-hydrogen) atoms. The highest BCUT2D eigenvalue weighted by atomic mass is 19.4.